The van der Waals surface area contributed by atoms with Gasteiger partial charge in [-0.15, -0.1) is 5.92 Å². The third-order valence-corrected chi connectivity index (χ3v) is 2.13. The number of nitrogens with one attached hydrogen (secondary N) is 2. The summed E-state index contributed by atoms with van der Waals surface area (Å²) in [5, 5.41) is 14.0. The van der Waals surface area contributed by atoms with Crippen molar-refractivity contribution in [2.75, 3.05) is 6.54 Å². The van der Waals surface area contributed by atoms with E-state index in [1.807, 2.05) is 20.8 Å². The minimum absolute atomic E-state index is 0.0450. The van der Waals surface area contributed by atoms with Gasteiger partial charge in [0.2, 0.25) is 0 Å². The van der Waals surface area contributed by atoms with E-state index in [9.17, 15) is 9.59 Å². The summed E-state index contributed by atoms with van der Waals surface area (Å²) in [6.07, 6.45) is 0.524. The van der Waals surface area contributed by atoms with Gasteiger partial charge in [0, 0.05) is 6.04 Å². The number of carbonyl (C=O) groups excluding carboxylic acids is 1. The molecule has 2 amide bonds. The Labute approximate surface area is 108 Å². The van der Waals surface area contributed by atoms with E-state index in [1.54, 1.807) is 6.92 Å². The zero-order valence-electron chi connectivity index (χ0n) is 11.5. The highest BCUT2D eigenvalue weighted by Crippen LogP contribution is 2.22. The predicted molar refractivity (Wildman–Crippen MR) is 70.1 cm³/mol. The lowest BCUT2D eigenvalue weighted by Gasteiger charge is -2.25. The Bertz CT molecular complexity index is 347. The summed E-state index contributed by atoms with van der Waals surface area (Å²) >= 11 is 0. The molecule has 0 aliphatic heterocycles. The summed E-state index contributed by atoms with van der Waals surface area (Å²) in [4.78, 5) is 22.3. The monoisotopic (exact) mass is 254 g/mol. The van der Waals surface area contributed by atoms with Crippen LogP contribution in [-0.4, -0.2) is 29.7 Å². The number of amides is 2. The molecule has 0 aromatic rings. The summed E-state index contributed by atoms with van der Waals surface area (Å²) in [6.45, 7) is 7.96. The predicted octanol–water partition coefficient (Wildman–Crippen LogP) is 1.59. The van der Waals surface area contributed by atoms with Gasteiger partial charge in [0.25, 0.3) is 0 Å². The molecule has 3 N–H and O–H groups in total. The lowest BCUT2D eigenvalue weighted by Crippen LogP contribution is -2.44. The molecular formula is C13H22N2O3. The van der Waals surface area contributed by atoms with Gasteiger partial charge in [-0.1, -0.05) is 26.7 Å². The summed E-state index contributed by atoms with van der Waals surface area (Å²) in [5.41, 5.74) is -0.0450. The van der Waals surface area contributed by atoms with Crippen LogP contribution in [0.1, 0.15) is 40.5 Å². The number of urea groups is 1. The smallest absolute Gasteiger partial charge is 0.315 e. The van der Waals surface area contributed by atoms with E-state index in [1.165, 1.54) is 0 Å². The molecule has 0 aliphatic carbocycles. The third kappa shape index (κ3) is 9.52. The molecule has 5 nitrogen and oxygen atoms in total. The van der Waals surface area contributed by atoms with Gasteiger partial charge >= 0.3 is 12.0 Å². The van der Waals surface area contributed by atoms with Crippen molar-refractivity contribution >= 4 is 12.0 Å². The van der Waals surface area contributed by atoms with Crippen molar-refractivity contribution in [3.05, 3.63) is 0 Å². The SMILES string of the molecule is CC#CCNC(=O)NC(CC(=O)O)CC(C)(C)C. The van der Waals surface area contributed by atoms with Gasteiger partial charge in [-0.3, -0.25) is 4.79 Å². The second kappa shape index (κ2) is 7.59. The van der Waals surface area contributed by atoms with Crippen molar-refractivity contribution < 1.29 is 14.7 Å². The minimum Gasteiger partial charge on any atom is -0.481 e. The van der Waals surface area contributed by atoms with Crippen LogP contribution in [0.4, 0.5) is 4.79 Å². The quantitative estimate of drug-likeness (QED) is 0.652. The van der Waals surface area contributed by atoms with E-state index in [-0.39, 0.29) is 30.5 Å². The van der Waals surface area contributed by atoms with Gasteiger partial charge in [-0.05, 0) is 18.8 Å². The maximum Gasteiger partial charge on any atom is 0.315 e. The molecular weight excluding hydrogens is 232 g/mol. The standard InChI is InChI=1S/C13H22N2O3/c1-5-6-7-14-12(18)15-10(8-11(16)17)9-13(2,3)4/h10H,7-9H2,1-4H3,(H,16,17)(H2,14,15,18). The van der Waals surface area contributed by atoms with E-state index >= 15 is 0 Å². The van der Waals surface area contributed by atoms with Crippen LogP contribution in [0.2, 0.25) is 0 Å². The molecule has 102 valence electrons. The van der Waals surface area contributed by atoms with Gasteiger partial charge in [-0.2, -0.15) is 0 Å². The first-order chi connectivity index (χ1) is 8.24. The number of carboxylic acids is 1. The Balaban J connectivity index is 4.33. The number of hydrogen-bond donors (Lipinski definition) is 3. The molecule has 0 bridgehead atoms. The fraction of sp³-hybridized carbons (Fsp3) is 0.692. The number of carbonyl (C=O) groups is 2. The molecule has 0 spiro atoms. The van der Waals surface area contributed by atoms with E-state index in [0.717, 1.165) is 0 Å². The molecule has 1 unspecified atom stereocenters. The van der Waals surface area contributed by atoms with Gasteiger partial charge < -0.3 is 15.7 Å². The molecule has 0 aromatic carbocycles. The van der Waals surface area contributed by atoms with Crippen LogP contribution in [0.25, 0.3) is 0 Å². The lowest BCUT2D eigenvalue weighted by molar-refractivity contribution is -0.137. The Morgan fingerprint density at radius 2 is 1.94 bits per heavy atom. The summed E-state index contributed by atoms with van der Waals surface area (Å²) in [7, 11) is 0. The number of aliphatic carboxylic acids is 1. The average molecular weight is 254 g/mol. The summed E-state index contributed by atoms with van der Waals surface area (Å²) in [5.74, 6) is 4.44. The Morgan fingerprint density at radius 3 is 2.39 bits per heavy atom. The van der Waals surface area contributed by atoms with Crippen molar-refractivity contribution in [3.8, 4) is 11.8 Å². The van der Waals surface area contributed by atoms with Gasteiger partial charge in [0.15, 0.2) is 0 Å². The molecule has 0 saturated heterocycles. The molecule has 0 rings (SSSR count). The van der Waals surface area contributed by atoms with Crippen LogP contribution in [0.5, 0.6) is 0 Å². The highest BCUT2D eigenvalue weighted by atomic mass is 16.4. The Morgan fingerprint density at radius 1 is 1.33 bits per heavy atom. The van der Waals surface area contributed by atoms with Crippen LogP contribution in [-0.2, 0) is 4.79 Å². The number of carboxylic acid groups (broad SMARTS) is 1. The highest BCUT2D eigenvalue weighted by Gasteiger charge is 2.22. The molecule has 1 atom stereocenters. The van der Waals surface area contributed by atoms with Crippen LogP contribution >= 0.6 is 0 Å². The first kappa shape index (κ1) is 16.3. The van der Waals surface area contributed by atoms with Gasteiger partial charge in [-0.25, -0.2) is 4.79 Å². The number of hydrogen-bond acceptors (Lipinski definition) is 2. The van der Waals surface area contributed by atoms with Crippen LogP contribution in [0.3, 0.4) is 0 Å². The first-order valence-electron chi connectivity index (χ1n) is 5.90. The minimum atomic E-state index is -0.919. The molecule has 0 aliphatic rings. The Kier molecular flexibility index (Phi) is 6.88. The van der Waals surface area contributed by atoms with Crippen molar-refractivity contribution in [2.24, 2.45) is 5.41 Å². The lowest BCUT2D eigenvalue weighted by atomic mass is 9.87. The third-order valence-electron chi connectivity index (χ3n) is 2.13. The molecule has 0 heterocycles. The maximum atomic E-state index is 11.5. The molecule has 0 radical (unpaired) electrons. The largest absolute Gasteiger partial charge is 0.481 e. The molecule has 0 aromatic heterocycles. The second-order valence-corrected chi connectivity index (χ2v) is 5.31. The van der Waals surface area contributed by atoms with Crippen molar-refractivity contribution in [1.82, 2.24) is 10.6 Å². The van der Waals surface area contributed by atoms with Gasteiger partial charge in [0.1, 0.15) is 0 Å². The fourth-order valence-electron chi connectivity index (χ4n) is 1.57. The topological polar surface area (TPSA) is 78.4 Å². The van der Waals surface area contributed by atoms with E-state index in [2.05, 4.69) is 22.5 Å². The van der Waals surface area contributed by atoms with Crippen LogP contribution in [0.15, 0.2) is 0 Å². The normalized spacial score (nSPS) is 12.0. The zero-order chi connectivity index (χ0) is 14.2. The fourth-order valence-corrected chi connectivity index (χ4v) is 1.57. The Hall–Kier alpha value is -1.70. The second-order valence-electron chi connectivity index (χ2n) is 5.31. The first-order valence-corrected chi connectivity index (χ1v) is 5.90. The summed E-state index contributed by atoms with van der Waals surface area (Å²) in [6, 6.07) is -0.759. The van der Waals surface area contributed by atoms with Crippen molar-refractivity contribution in [3.63, 3.8) is 0 Å². The summed E-state index contributed by atoms with van der Waals surface area (Å²) < 4.78 is 0. The van der Waals surface area contributed by atoms with Crippen LogP contribution in [0, 0.1) is 17.3 Å². The van der Waals surface area contributed by atoms with Crippen LogP contribution < -0.4 is 10.6 Å². The molecule has 0 fully saturated rings. The molecule has 5 heteroatoms. The maximum absolute atomic E-state index is 11.5. The highest BCUT2D eigenvalue weighted by molar-refractivity contribution is 5.75. The average Bonchev–Trinajstić information content (AvgIpc) is 2.13. The van der Waals surface area contributed by atoms with Crippen molar-refractivity contribution in [2.45, 2.75) is 46.6 Å². The van der Waals surface area contributed by atoms with E-state index in [0.29, 0.717) is 6.42 Å². The van der Waals surface area contributed by atoms with E-state index < -0.39 is 5.97 Å². The zero-order valence-corrected chi connectivity index (χ0v) is 11.5. The van der Waals surface area contributed by atoms with Crippen molar-refractivity contribution in [1.29, 1.82) is 0 Å². The molecule has 0 saturated carbocycles. The van der Waals surface area contributed by atoms with E-state index in [4.69, 9.17) is 5.11 Å². The number of rotatable bonds is 5. The van der Waals surface area contributed by atoms with Gasteiger partial charge in [0.05, 0.1) is 13.0 Å². The molecule has 18 heavy (non-hydrogen) atoms.